The van der Waals surface area contributed by atoms with Crippen molar-refractivity contribution in [2.75, 3.05) is 11.9 Å². The second kappa shape index (κ2) is 9.45. The molecule has 9 heteroatoms. The van der Waals surface area contributed by atoms with Crippen molar-refractivity contribution in [2.45, 2.75) is 33.1 Å². The predicted molar refractivity (Wildman–Crippen MR) is 101 cm³/mol. The summed E-state index contributed by atoms with van der Waals surface area (Å²) >= 11 is 0. The molecule has 1 aromatic carbocycles. The van der Waals surface area contributed by atoms with Crippen molar-refractivity contribution in [1.82, 2.24) is 9.78 Å². The molecule has 0 radical (unpaired) electrons. The summed E-state index contributed by atoms with van der Waals surface area (Å²) in [5.41, 5.74) is 0.447. The first-order valence-corrected chi connectivity index (χ1v) is 8.72. The predicted octanol–water partition coefficient (Wildman–Crippen LogP) is 1.91. The summed E-state index contributed by atoms with van der Waals surface area (Å²) in [6.45, 7) is 3.51. The average Bonchev–Trinajstić information content (AvgIpc) is 2.62. The van der Waals surface area contributed by atoms with Gasteiger partial charge in [0.15, 0.2) is 5.69 Å². The number of aryl methyl sites for hydroxylation is 1. The van der Waals surface area contributed by atoms with Crippen LogP contribution in [-0.2, 0) is 14.3 Å². The molecule has 28 heavy (non-hydrogen) atoms. The first kappa shape index (κ1) is 20.8. The summed E-state index contributed by atoms with van der Waals surface area (Å²) in [4.78, 5) is 47.4. The number of nitrogens with zero attached hydrogens (tertiary/aromatic N) is 2. The summed E-state index contributed by atoms with van der Waals surface area (Å²) in [6, 6.07) is 8.12. The number of carboxylic acid groups (broad SMARTS) is 1. The largest absolute Gasteiger partial charge is 0.481 e. The Bertz CT molecular complexity index is 951. The quantitative estimate of drug-likeness (QED) is 0.662. The highest BCUT2D eigenvalue weighted by molar-refractivity contribution is 5.99. The average molecular weight is 387 g/mol. The van der Waals surface area contributed by atoms with Crippen molar-refractivity contribution in [2.24, 2.45) is 0 Å². The van der Waals surface area contributed by atoms with Crippen LogP contribution in [0.25, 0.3) is 5.69 Å². The number of carbonyl (C=O) groups excluding carboxylic acids is 2. The number of esters is 1. The topological polar surface area (TPSA) is 128 Å². The third kappa shape index (κ3) is 5.26. The molecule has 2 N–H and O–H groups in total. The number of carbonyl (C=O) groups is 3. The Labute approximate surface area is 160 Å². The molecular formula is C19H21N3O6. The van der Waals surface area contributed by atoms with E-state index in [0.29, 0.717) is 5.69 Å². The first-order chi connectivity index (χ1) is 13.3. The van der Waals surface area contributed by atoms with Gasteiger partial charge in [0.25, 0.3) is 5.56 Å². The molecule has 0 bridgehead atoms. The highest BCUT2D eigenvalue weighted by Gasteiger charge is 2.20. The van der Waals surface area contributed by atoms with Crippen LogP contribution in [0, 0.1) is 6.92 Å². The van der Waals surface area contributed by atoms with E-state index in [4.69, 9.17) is 9.84 Å². The maximum atomic E-state index is 12.5. The molecule has 1 amide bonds. The Morgan fingerprint density at radius 2 is 1.93 bits per heavy atom. The van der Waals surface area contributed by atoms with Crippen LogP contribution in [-0.4, -0.2) is 39.3 Å². The van der Waals surface area contributed by atoms with Crippen LogP contribution in [0.4, 0.5) is 5.69 Å². The minimum absolute atomic E-state index is 0.0740. The number of rotatable bonds is 8. The normalized spacial score (nSPS) is 10.4. The zero-order valence-corrected chi connectivity index (χ0v) is 15.6. The molecular weight excluding hydrogens is 366 g/mol. The van der Waals surface area contributed by atoms with Gasteiger partial charge in [-0.3, -0.25) is 14.4 Å². The number of nitrogens with one attached hydrogen (secondary N) is 1. The molecule has 9 nitrogen and oxygen atoms in total. The lowest BCUT2D eigenvalue weighted by Gasteiger charge is -2.13. The number of hydrogen-bond donors (Lipinski definition) is 2. The number of para-hydroxylation sites is 1. The van der Waals surface area contributed by atoms with Crippen LogP contribution in [0.5, 0.6) is 0 Å². The third-order valence-corrected chi connectivity index (χ3v) is 3.81. The Kier molecular flexibility index (Phi) is 7.02. The van der Waals surface area contributed by atoms with Gasteiger partial charge in [-0.1, -0.05) is 18.2 Å². The summed E-state index contributed by atoms with van der Waals surface area (Å²) in [6.07, 6.45) is -0.107. The van der Waals surface area contributed by atoms with Crippen LogP contribution in [0.2, 0.25) is 0 Å². The molecule has 2 rings (SSSR count). The second-order valence-corrected chi connectivity index (χ2v) is 5.96. The van der Waals surface area contributed by atoms with Crippen molar-refractivity contribution < 1.29 is 24.2 Å². The van der Waals surface area contributed by atoms with Crippen LogP contribution in [0.15, 0.2) is 35.1 Å². The maximum absolute atomic E-state index is 12.5. The fraction of sp³-hybridized carbons (Fsp3) is 0.316. The van der Waals surface area contributed by atoms with Gasteiger partial charge in [-0.25, -0.2) is 4.79 Å². The standard InChI is InChI=1S/C19H21N3O6/c1-3-28-19(27)18-13(20-15(23)9-6-10-17(25)26)11-16(24)22(21-18)14-8-5-4-7-12(14)2/h4-5,7-8,11H,3,6,9-10H2,1-2H3,(H,20,23)(H,25,26). The SMILES string of the molecule is CCOC(=O)c1nn(-c2ccccc2C)c(=O)cc1NC(=O)CCCC(=O)O. The van der Waals surface area contributed by atoms with Crippen molar-refractivity contribution in [3.8, 4) is 5.69 Å². The molecule has 0 atom stereocenters. The van der Waals surface area contributed by atoms with E-state index in [-0.39, 0.29) is 37.3 Å². The Morgan fingerprint density at radius 3 is 2.57 bits per heavy atom. The molecule has 0 aliphatic rings. The zero-order valence-electron chi connectivity index (χ0n) is 15.6. The van der Waals surface area contributed by atoms with Gasteiger partial charge >= 0.3 is 11.9 Å². The summed E-state index contributed by atoms with van der Waals surface area (Å²) in [5, 5.41) is 15.2. The molecule has 0 fully saturated rings. The minimum atomic E-state index is -1.01. The lowest BCUT2D eigenvalue weighted by atomic mass is 10.2. The van der Waals surface area contributed by atoms with E-state index in [1.807, 2.05) is 6.07 Å². The minimum Gasteiger partial charge on any atom is -0.481 e. The molecule has 0 saturated carbocycles. The van der Waals surface area contributed by atoms with Crippen LogP contribution >= 0.6 is 0 Å². The van der Waals surface area contributed by atoms with E-state index >= 15 is 0 Å². The fourth-order valence-electron chi connectivity index (χ4n) is 2.49. The number of anilines is 1. The first-order valence-electron chi connectivity index (χ1n) is 8.72. The Morgan fingerprint density at radius 1 is 1.21 bits per heavy atom. The molecule has 0 aliphatic carbocycles. The van der Waals surface area contributed by atoms with E-state index in [2.05, 4.69) is 10.4 Å². The summed E-state index contributed by atoms with van der Waals surface area (Å²) in [5.74, 6) is -2.32. The highest BCUT2D eigenvalue weighted by atomic mass is 16.5. The van der Waals surface area contributed by atoms with E-state index in [1.54, 1.807) is 32.0 Å². The number of aromatic nitrogens is 2. The molecule has 0 saturated heterocycles. The van der Waals surface area contributed by atoms with Crippen molar-refractivity contribution >= 4 is 23.5 Å². The number of amides is 1. The van der Waals surface area contributed by atoms with Crippen LogP contribution in [0.3, 0.4) is 0 Å². The Hall–Kier alpha value is -3.49. The Balaban J connectivity index is 2.39. The number of benzene rings is 1. The monoisotopic (exact) mass is 387 g/mol. The molecule has 0 spiro atoms. The van der Waals surface area contributed by atoms with E-state index in [0.717, 1.165) is 16.3 Å². The zero-order chi connectivity index (χ0) is 20.7. The molecule has 0 unspecified atom stereocenters. The molecule has 2 aromatic rings. The fourth-order valence-corrected chi connectivity index (χ4v) is 2.49. The van der Waals surface area contributed by atoms with Crippen molar-refractivity contribution in [1.29, 1.82) is 0 Å². The van der Waals surface area contributed by atoms with Crippen molar-refractivity contribution in [3.05, 3.63) is 51.9 Å². The van der Waals surface area contributed by atoms with Gasteiger partial charge in [-0.2, -0.15) is 9.78 Å². The van der Waals surface area contributed by atoms with E-state index < -0.39 is 23.4 Å². The molecule has 148 valence electrons. The molecule has 1 aromatic heterocycles. The van der Waals surface area contributed by atoms with Gasteiger partial charge in [0.05, 0.1) is 18.0 Å². The van der Waals surface area contributed by atoms with Crippen molar-refractivity contribution in [3.63, 3.8) is 0 Å². The summed E-state index contributed by atoms with van der Waals surface area (Å²) in [7, 11) is 0. The maximum Gasteiger partial charge on any atom is 0.360 e. The second-order valence-electron chi connectivity index (χ2n) is 5.96. The van der Waals surface area contributed by atoms with E-state index in [9.17, 15) is 19.2 Å². The summed E-state index contributed by atoms with van der Waals surface area (Å²) < 4.78 is 6.05. The van der Waals surface area contributed by atoms with Gasteiger partial charge < -0.3 is 15.2 Å². The van der Waals surface area contributed by atoms with E-state index in [1.165, 1.54) is 0 Å². The van der Waals surface area contributed by atoms with Gasteiger partial charge in [0, 0.05) is 18.9 Å². The number of aliphatic carboxylic acids is 1. The lowest BCUT2D eigenvalue weighted by molar-refractivity contribution is -0.137. The number of ether oxygens (including phenoxy) is 1. The smallest absolute Gasteiger partial charge is 0.360 e. The van der Waals surface area contributed by atoms with Gasteiger partial charge in [-0.15, -0.1) is 0 Å². The highest BCUT2D eigenvalue weighted by Crippen LogP contribution is 2.16. The lowest BCUT2D eigenvalue weighted by Crippen LogP contribution is -2.27. The van der Waals surface area contributed by atoms with Gasteiger partial charge in [0.1, 0.15) is 0 Å². The number of hydrogen-bond acceptors (Lipinski definition) is 6. The van der Waals surface area contributed by atoms with Crippen LogP contribution in [0.1, 0.15) is 42.2 Å². The third-order valence-electron chi connectivity index (χ3n) is 3.81. The van der Waals surface area contributed by atoms with Gasteiger partial charge in [0.2, 0.25) is 5.91 Å². The number of carboxylic acids is 1. The van der Waals surface area contributed by atoms with Crippen LogP contribution < -0.4 is 10.9 Å². The molecule has 0 aliphatic heterocycles. The molecule has 1 heterocycles. The van der Waals surface area contributed by atoms with Gasteiger partial charge in [-0.05, 0) is 31.9 Å².